The van der Waals surface area contributed by atoms with Crippen molar-refractivity contribution in [2.75, 3.05) is 5.32 Å². The highest BCUT2D eigenvalue weighted by Gasteiger charge is 2.34. The van der Waals surface area contributed by atoms with Crippen molar-refractivity contribution in [3.63, 3.8) is 0 Å². The average Bonchev–Trinajstić information content (AvgIpc) is 2.86. The van der Waals surface area contributed by atoms with Crippen LogP contribution in [0.25, 0.3) is 0 Å². The van der Waals surface area contributed by atoms with E-state index in [1.54, 1.807) is 0 Å². The van der Waals surface area contributed by atoms with Gasteiger partial charge in [0.2, 0.25) is 0 Å². The molecular formula is C13H9F3N2O2S. The lowest BCUT2D eigenvalue weighted by Crippen LogP contribution is -2.18. The minimum absolute atomic E-state index is 0.0715. The largest absolute Gasteiger partial charge is 0.417 e. The summed E-state index contributed by atoms with van der Waals surface area (Å²) in [5.41, 5.74) is -1.37. The number of anilines is 1. The number of hydrogen-bond acceptors (Lipinski definition) is 4. The number of amides is 1. The topological polar surface area (TPSA) is 59.1 Å². The van der Waals surface area contributed by atoms with Gasteiger partial charge in [0.1, 0.15) is 5.69 Å². The van der Waals surface area contributed by atoms with E-state index in [0.29, 0.717) is 0 Å². The minimum Gasteiger partial charge on any atom is -0.298 e. The fourth-order valence-electron chi connectivity index (χ4n) is 1.59. The summed E-state index contributed by atoms with van der Waals surface area (Å²) in [5.74, 6) is -1.21. The quantitative estimate of drug-likeness (QED) is 0.880. The smallest absolute Gasteiger partial charge is 0.298 e. The van der Waals surface area contributed by atoms with Crippen molar-refractivity contribution in [1.29, 1.82) is 0 Å². The van der Waals surface area contributed by atoms with Gasteiger partial charge in [-0.2, -0.15) is 13.2 Å². The number of nitrogens with zero attached hydrogens (tertiary/aromatic N) is 1. The molecule has 0 bridgehead atoms. The summed E-state index contributed by atoms with van der Waals surface area (Å²) < 4.78 is 38.5. The number of aromatic nitrogens is 1. The molecule has 0 aliphatic heterocycles. The molecule has 1 amide bonds. The number of thiazole rings is 1. The molecule has 0 saturated heterocycles. The Hall–Kier alpha value is -2.22. The van der Waals surface area contributed by atoms with Gasteiger partial charge < -0.3 is 0 Å². The van der Waals surface area contributed by atoms with Crippen molar-refractivity contribution in [2.24, 2.45) is 0 Å². The maximum absolute atomic E-state index is 12.8. The summed E-state index contributed by atoms with van der Waals surface area (Å²) >= 11 is 0.969. The van der Waals surface area contributed by atoms with E-state index in [0.717, 1.165) is 23.5 Å². The molecule has 4 nitrogen and oxygen atoms in total. The molecule has 2 rings (SSSR count). The third-order valence-electron chi connectivity index (χ3n) is 2.56. The van der Waals surface area contributed by atoms with Gasteiger partial charge in [0.15, 0.2) is 10.9 Å². The summed E-state index contributed by atoms with van der Waals surface area (Å²) in [6, 6.07) is 4.46. The Bertz CT molecular complexity index is 695. The van der Waals surface area contributed by atoms with Crippen LogP contribution in [0.4, 0.5) is 18.3 Å². The molecule has 0 spiro atoms. The van der Waals surface area contributed by atoms with Crippen LogP contribution in [0.3, 0.4) is 0 Å². The second-order valence-corrected chi connectivity index (χ2v) is 4.95. The zero-order valence-electron chi connectivity index (χ0n) is 10.7. The summed E-state index contributed by atoms with van der Waals surface area (Å²) in [4.78, 5) is 26.8. The van der Waals surface area contributed by atoms with Crippen molar-refractivity contribution in [3.05, 3.63) is 46.5 Å². The molecule has 0 fully saturated rings. The van der Waals surface area contributed by atoms with E-state index in [-0.39, 0.29) is 16.6 Å². The van der Waals surface area contributed by atoms with E-state index in [1.807, 2.05) is 0 Å². The Morgan fingerprint density at radius 1 is 1.24 bits per heavy atom. The second kappa shape index (κ2) is 5.65. The zero-order valence-corrected chi connectivity index (χ0v) is 11.5. The van der Waals surface area contributed by atoms with Crippen molar-refractivity contribution >= 4 is 28.2 Å². The van der Waals surface area contributed by atoms with Crippen molar-refractivity contribution < 1.29 is 22.8 Å². The van der Waals surface area contributed by atoms with Crippen LogP contribution in [-0.2, 0) is 6.18 Å². The summed E-state index contributed by atoms with van der Waals surface area (Å²) in [7, 11) is 0. The van der Waals surface area contributed by atoms with Crippen LogP contribution in [0.1, 0.15) is 33.3 Å². The van der Waals surface area contributed by atoms with Gasteiger partial charge in [0, 0.05) is 12.3 Å². The molecule has 1 aromatic heterocycles. The Kier molecular flexibility index (Phi) is 4.08. The van der Waals surface area contributed by atoms with Crippen molar-refractivity contribution in [3.8, 4) is 0 Å². The number of hydrogen-bond donors (Lipinski definition) is 1. The molecule has 1 heterocycles. The number of carbonyl (C=O) groups is 2. The van der Waals surface area contributed by atoms with E-state index >= 15 is 0 Å². The van der Waals surface area contributed by atoms with E-state index in [4.69, 9.17) is 0 Å². The molecule has 0 unspecified atom stereocenters. The third-order valence-corrected chi connectivity index (χ3v) is 3.32. The fourth-order valence-corrected chi connectivity index (χ4v) is 2.33. The lowest BCUT2D eigenvalue weighted by atomic mass is 10.1. The van der Waals surface area contributed by atoms with E-state index < -0.39 is 23.2 Å². The Balaban J connectivity index is 2.26. The van der Waals surface area contributed by atoms with E-state index in [1.165, 1.54) is 24.4 Å². The first-order valence-corrected chi connectivity index (χ1v) is 6.61. The average molecular weight is 314 g/mol. The Labute approximate surface area is 121 Å². The van der Waals surface area contributed by atoms with Crippen LogP contribution in [0, 0.1) is 0 Å². The van der Waals surface area contributed by atoms with E-state index in [2.05, 4.69) is 10.3 Å². The lowest BCUT2D eigenvalue weighted by molar-refractivity contribution is -0.137. The number of halogens is 3. The van der Waals surface area contributed by atoms with Gasteiger partial charge in [0.25, 0.3) is 5.91 Å². The highest BCUT2D eigenvalue weighted by molar-refractivity contribution is 7.14. The molecule has 2 aromatic rings. The number of carbonyl (C=O) groups excluding carboxylic acids is 2. The zero-order chi connectivity index (χ0) is 15.6. The predicted molar refractivity (Wildman–Crippen MR) is 71.5 cm³/mol. The van der Waals surface area contributed by atoms with Gasteiger partial charge >= 0.3 is 6.18 Å². The number of rotatable bonds is 3. The number of benzene rings is 1. The molecule has 0 aliphatic carbocycles. The molecule has 0 atom stereocenters. The van der Waals surface area contributed by atoms with Crippen LogP contribution >= 0.6 is 11.3 Å². The second-order valence-electron chi connectivity index (χ2n) is 4.09. The van der Waals surface area contributed by atoms with Gasteiger partial charge in [0.05, 0.1) is 11.1 Å². The van der Waals surface area contributed by atoms with Crippen LogP contribution in [0.2, 0.25) is 0 Å². The molecule has 21 heavy (non-hydrogen) atoms. The van der Waals surface area contributed by atoms with Crippen molar-refractivity contribution in [1.82, 2.24) is 4.98 Å². The molecule has 0 aliphatic rings. The van der Waals surface area contributed by atoms with Gasteiger partial charge in [-0.05, 0) is 12.1 Å². The normalized spacial score (nSPS) is 11.2. The van der Waals surface area contributed by atoms with Crippen LogP contribution < -0.4 is 5.32 Å². The standard InChI is InChI=1S/C13H9F3N2O2S/c1-7(19)10-6-21-12(17-10)18-11(20)8-4-2-3-5-9(8)13(14,15)16/h2-6H,1H3,(H,17,18,20). The Morgan fingerprint density at radius 3 is 2.48 bits per heavy atom. The van der Waals surface area contributed by atoms with Crippen LogP contribution in [-0.4, -0.2) is 16.7 Å². The van der Waals surface area contributed by atoms with Gasteiger partial charge in [-0.1, -0.05) is 12.1 Å². The van der Waals surface area contributed by atoms with Gasteiger partial charge in [-0.15, -0.1) is 11.3 Å². The number of ketones is 1. The number of Topliss-reactive ketones (excluding diaryl/α,β-unsaturated/α-hetero) is 1. The lowest BCUT2D eigenvalue weighted by Gasteiger charge is -2.11. The Morgan fingerprint density at radius 2 is 1.90 bits per heavy atom. The highest BCUT2D eigenvalue weighted by atomic mass is 32.1. The molecule has 110 valence electrons. The first-order valence-electron chi connectivity index (χ1n) is 5.73. The number of alkyl halides is 3. The molecule has 8 heteroatoms. The summed E-state index contributed by atoms with van der Waals surface area (Å²) in [5, 5.41) is 3.76. The summed E-state index contributed by atoms with van der Waals surface area (Å²) in [6.07, 6.45) is -4.62. The van der Waals surface area contributed by atoms with Crippen LogP contribution in [0.5, 0.6) is 0 Å². The first kappa shape index (κ1) is 15.2. The fraction of sp³-hybridized carbons (Fsp3) is 0.154. The third kappa shape index (κ3) is 3.46. The minimum atomic E-state index is -4.62. The number of nitrogens with one attached hydrogen (secondary N) is 1. The SMILES string of the molecule is CC(=O)c1csc(NC(=O)c2ccccc2C(F)(F)F)n1. The first-order chi connectivity index (χ1) is 9.79. The van der Waals surface area contributed by atoms with Gasteiger partial charge in [-0.25, -0.2) is 4.98 Å². The molecular weight excluding hydrogens is 305 g/mol. The molecule has 0 saturated carbocycles. The molecule has 1 N–H and O–H groups in total. The highest BCUT2D eigenvalue weighted by Crippen LogP contribution is 2.32. The molecule has 0 radical (unpaired) electrons. The maximum Gasteiger partial charge on any atom is 0.417 e. The predicted octanol–water partition coefficient (Wildman–Crippen LogP) is 3.62. The van der Waals surface area contributed by atoms with E-state index in [9.17, 15) is 22.8 Å². The van der Waals surface area contributed by atoms with Gasteiger partial charge in [-0.3, -0.25) is 14.9 Å². The maximum atomic E-state index is 12.8. The van der Waals surface area contributed by atoms with Crippen LogP contribution in [0.15, 0.2) is 29.6 Å². The monoisotopic (exact) mass is 314 g/mol. The van der Waals surface area contributed by atoms with Crippen molar-refractivity contribution in [2.45, 2.75) is 13.1 Å². The molecule has 1 aromatic carbocycles. The summed E-state index contributed by atoms with van der Waals surface area (Å²) in [6.45, 7) is 1.31.